The highest BCUT2D eigenvalue weighted by Crippen LogP contribution is 2.34. The highest BCUT2D eigenvalue weighted by molar-refractivity contribution is 6.08. The minimum atomic E-state index is -4.52. The summed E-state index contributed by atoms with van der Waals surface area (Å²) in [5.74, 6) is -0.817. The number of halogens is 3. The number of piperazine rings is 1. The minimum Gasteiger partial charge on any atom is -0.395 e. The number of nitro benzene ring substituents is 1. The number of aliphatic hydroxyl groups is 2. The first kappa shape index (κ1) is 24.4. The monoisotopic (exact) mass is 468 g/mol. The molecule has 0 aromatic heterocycles. The topological polar surface area (TPSA) is 119 Å². The van der Waals surface area contributed by atoms with Crippen LogP contribution in [-0.2, 0) is 6.18 Å². The molecule has 3 rings (SSSR count). The standard InChI is InChI=1S/C21H23F3N4O5/c22-21(23,24)14-4-6-15(7-5-14)25-20(31)17-2-1-3-18(19(17)28(32)33)27-10-8-26(9-11-27)16(12-29)13-30/h1-7,16,29-30H,8-13H2,(H,25,31). The molecule has 0 radical (unpaired) electrons. The Morgan fingerprint density at radius 2 is 1.67 bits per heavy atom. The Kier molecular flexibility index (Phi) is 7.51. The predicted molar refractivity (Wildman–Crippen MR) is 114 cm³/mol. The summed E-state index contributed by atoms with van der Waals surface area (Å²) in [7, 11) is 0. The van der Waals surface area contributed by atoms with Crippen LogP contribution < -0.4 is 10.2 Å². The van der Waals surface area contributed by atoms with Crippen molar-refractivity contribution in [2.24, 2.45) is 0 Å². The molecule has 178 valence electrons. The van der Waals surface area contributed by atoms with Crippen molar-refractivity contribution >= 4 is 23.0 Å². The molecule has 1 heterocycles. The highest BCUT2D eigenvalue weighted by atomic mass is 19.4. The number of benzene rings is 2. The molecular formula is C21H23F3N4O5. The van der Waals surface area contributed by atoms with Gasteiger partial charge in [-0.1, -0.05) is 6.07 Å². The van der Waals surface area contributed by atoms with Gasteiger partial charge < -0.3 is 20.4 Å². The Balaban J connectivity index is 1.81. The van der Waals surface area contributed by atoms with Gasteiger partial charge in [-0.2, -0.15) is 13.2 Å². The molecule has 1 fully saturated rings. The summed E-state index contributed by atoms with van der Waals surface area (Å²) in [4.78, 5) is 27.6. The van der Waals surface area contributed by atoms with Crippen LogP contribution in [0.15, 0.2) is 42.5 Å². The van der Waals surface area contributed by atoms with Gasteiger partial charge in [-0.05, 0) is 36.4 Å². The van der Waals surface area contributed by atoms with Crippen LogP contribution in [0.1, 0.15) is 15.9 Å². The number of carbonyl (C=O) groups is 1. The number of hydrogen-bond acceptors (Lipinski definition) is 7. The number of para-hydroxylation sites is 1. The Hall–Kier alpha value is -3.22. The third-order valence-electron chi connectivity index (χ3n) is 5.50. The molecule has 0 aliphatic carbocycles. The van der Waals surface area contributed by atoms with Crippen LogP contribution in [0.3, 0.4) is 0 Å². The Morgan fingerprint density at radius 1 is 1.06 bits per heavy atom. The van der Waals surface area contributed by atoms with Gasteiger partial charge in [-0.15, -0.1) is 0 Å². The fraction of sp³-hybridized carbons (Fsp3) is 0.381. The molecule has 1 amide bonds. The van der Waals surface area contributed by atoms with Crippen molar-refractivity contribution in [3.63, 3.8) is 0 Å². The van der Waals surface area contributed by atoms with E-state index >= 15 is 0 Å². The van der Waals surface area contributed by atoms with Crippen molar-refractivity contribution in [2.45, 2.75) is 12.2 Å². The van der Waals surface area contributed by atoms with Crippen LogP contribution in [0.2, 0.25) is 0 Å². The molecule has 3 N–H and O–H groups in total. The first-order valence-electron chi connectivity index (χ1n) is 10.1. The number of nitrogens with one attached hydrogen (secondary N) is 1. The summed E-state index contributed by atoms with van der Waals surface area (Å²) in [5, 5.41) is 33.0. The van der Waals surface area contributed by atoms with E-state index in [2.05, 4.69) is 5.32 Å². The molecule has 1 saturated heterocycles. The molecule has 2 aromatic rings. The minimum absolute atomic E-state index is 0.0698. The summed E-state index contributed by atoms with van der Waals surface area (Å²) in [6.07, 6.45) is -4.52. The van der Waals surface area contributed by atoms with Crippen LogP contribution in [0.5, 0.6) is 0 Å². The Labute approximate surface area is 187 Å². The van der Waals surface area contributed by atoms with E-state index in [1.807, 2.05) is 4.90 Å². The number of carbonyl (C=O) groups excluding carboxylic acids is 1. The predicted octanol–water partition coefficient (Wildman–Crippen LogP) is 2.34. The SMILES string of the molecule is O=C(Nc1ccc(C(F)(F)F)cc1)c1cccc(N2CCN(C(CO)CO)CC2)c1[N+](=O)[O-]. The molecule has 0 spiro atoms. The number of aliphatic hydroxyl groups excluding tert-OH is 2. The highest BCUT2D eigenvalue weighted by Gasteiger charge is 2.32. The van der Waals surface area contributed by atoms with E-state index in [-0.39, 0.29) is 30.2 Å². The van der Waals surface area contributed by atoms with Crippen molar-refractivity contribution in [3.8, 4) is 0 Å². The molecule has 9 nitrogen and oxygen atoms in total. The van der Waals surface area contributed by atoms with Crippen molar-refractivity contribution in [1.82, 2.24) is 4.90 Å². The van der Waals surface area contributed by atoms with Gasteiger partial charge in [0.25, 0.3) is 5.91 Å². The molecule has 2 aromatic carbocycles. The third-order valence-corrected chi connectivity index (χ3v) is 5.50. The normalized spacial score (nSPS) is 15.0. The van der Waals surface area contributed by atoms with Crippen molar-refractivity contribution in [2.75, 3.05) is 49.6 Å². The van der Waals surface area contributed by atoms with Crippen LogP contribution in [0, 0.1) is 10.1 Å². The second kappa shape index (κ2) is 10.1. The summed E-state index contributed by atoms with van der Waals surface area (Å²) < 4.78 is 38.2. The molecule has 1 aliphatic rings. The lowest BCUT2D eigenvalue weighted by Crippen LogP contribution is -2.52. The summed E-state index contributed by atoms with van der Waals surface area (Å²) >= 11 is 0. The molecule has 0 bridgehead atoms. The number of alkyl halides is 3. The number of nitrogens with zero attached hydrogens (tertiary/aromatic N) is 3. The van der Waals surface area contributed by atoms with Crippen LogP contribution in [0.25, 0.3) is 0 Å². The number of rotatable bonds is 7. The van der Waals surface area contributed by atoms with Crippen molar-refractivity contribution in [1.29, 1.82) is 0 Å². The number of amides is 1. The Bertz CT molecular complexity index is 988. The fourth-order valence-corrected chi connectivity index (χ4v) is 3.72. The van der Waals surface area contributed by atoms with E-state index in [1.54, 1.807) is 4.90 Å². The van der Waals surface area contributed by atoms with Gasteiger partial charge >= 0.3 is 11.9 Å². The third kappa shape index (κ3) is 5.59. The largest absolute Gasteiger partial charge is 0.416 e. The van der Waals surface area contributed by atoms with Gasteiger partial charge in [0, 0.05) is 31.9 Å². The number of anilines is 2. The van der Waals surface area contributed by atoms with E-state index in [9.17, 15) is 38.3 Å². The van der Waals surface area contributed by atoms with Gasteiger partial charge in [-0.25, -0.2) is 0 Å². The Morgan fingerprint density at radius 3 is 2.18 bits per heavy atom. The van der Waals surface area contributed by atoms with Crippen LogP contribution >= 0.6 is 0 Å². The maximum Gasteiger partial charge on any atom is 0.416 e. The van der Waals surface area contributed by atoms with E-state index in [1.165, 1.54) is 18.2 Å². The summed E-state index contributed by atoms with van der Waals surface area (Å²) in [6, 6.07) is 7.67. The lowest BCUT2D eigenvalue weighted by molar-refractivity contribution is -0.384. The molecule has 0 atom stereocenters. The molecule has 1 aliphatic heterocycles. The van der Waals surface area contributed by atoms with Gasteiger partial charge in [0.1, 0.15) is 11.3 Å². The molecule has 33 heavy (non-hydrogen) atoms. The molecule has 12 heteroatoms. The maximum atomic E-state index is 12.8. The fourth-order valence-electron chi connectivity index (χ4n) is 3.72. The lowest BCUT2D eigenvalue weighted by Gasteiger charge is -2.38. The lowest BCUT2D eigenvalue weighted by atomic mass is 10.1. The number of nitro groups is 1. The van der Waals surface area contributed by atoms with E-state index in [0.717, 1.165) is 24.3 Å². The van der Waals surface area contributed by atoms with Crippen LogP contribution in [-0.4, -0.2) is 71.4 Å². The van der Waals surface area contributed by atoms with Crippen molar-refractivity contribution < 1.29 is 33.1 Å². The van der Waals surface area contributed by atoms with E-state index in [4.69, 9.17) is 0 Å². The van der Waals surface area contributed by atoms with Crippen molar-refractivity contribution in [3.05, 3.63) is 63.7 Å². The average Bonchev–Trinajstić information content (AvgIpc) is 2.79. The molecular weight excluding hydrogens is 445 g/mol. The summed E-state index contributed by atoms with van der Waals surface area (Å²) in [6.45, 7) is 1.23. The first-order valence-corrected chi connectivity index (χ1v) is 10.1. The molecule has 0 saturated carbocycles. The quantitative estimate of drug-likeness (QED) is 0.422. The van der Waals surface area contributed by atoms with E-state index < -0.39 is 34.3 Å². The zero-order valence-corrected chi connectivity index (χ0v) is 17.5. The second-order valence-corrected chi connectivity index (χ2v) is 7.50. The summed E-state index contributed by atoms with van der Waals surface area (Å²) in [5.41, 5.74) is -1.19. The van der Waals surface area contributed by atoms with Gasteiger partial charge in [-0.3, -0.25) is 19.8 Å². The zero-order valence-electron chi connectivity index (χ0n) is 17.5. The van der Waals surface area contributed by atoms with E-state index in [0.29, 0.717) is 26.2 Å². The van der Waals surface area contributed by atoms with Gasteiger partial charge in [0.05, 0.1) is 29.7 Å². The van der Waals surface area contributed by atoms with Crippen LogP contribution in [0.4, 0.5) is 30.2 Å². The van der Waals surface area contributed by atoms with Gasteiger partial charge in [0.15, 0.2) is 0 Å². The van der Waals surface area contributed by atoms with Gasteiger partial charge in [0.2, 0.25) is 0 Å². The smallest absolute Gasteiger partial charge is 0.395 e. The first-order chi connectivity index (χ1) is 15.7. The zero-order chi connectivity index (χ0) is 24.2. The number of hydrogen-bond donors (Lipinski definition) is 3. The molecule has 0 unspecified atom stereocenters. The maximum absolute atomic E-state index is 12.8. The average molecular weight is 468 g/mol. The second-order valence-electron chi connectivity index (χ2n) is 7.50.